The van der Waals surface area contributed by atoms with Gasteiger partial charge in [-0.05, 0) is 51.9 Å². The molecule has 1 aliphatic heterocycles. The van der Waals surface area contributed by atoms with Crippen molar-refractivity contribution < 1.29 is 4.79 Å². The summed E-state index contributed by atoms with van der Waals surface area (Å²) in [7, 11) is 4.01. The zero-order chi connectivity index (χ0) is 14.5. The number of likely N-dealkylation sites (tertiary alicyclic amines) is 1. The van der Waals surface area contributed by atoms with Crippen molar-refractivity contribution in [2.45, 2.75) is 25.7 Å². The fraction of sp³-hybridized carbons (Fsp3) is 0.562. The number of rotatable bonds is 4. The lowest BCUT2D eigenvalue weighted by atomic mass is 9.95. The minimum Gasteiger partial charge on any atom is -0.339 e. The van der Waals surface area contributed by atoms with Crippen molar-refractivity contribution in [1.29, 1.82) is 0 Å². The van der Waals surface area contributed by atoms with Gasteiger partial charge in [-0.3, -0.25) is 4.79 Å². The SMILES string of the molecule is Cc1ccc(C2CCN(C(=O)/C=C/CN(C)C)CC2)s1. The van der Waals surface area contributed by atoms with Crippen LogP contribution in [0.15, 0.2) is 24.3 Å². The van der Waals surface area contributed by atoms with Crippen LogP contribution >= 0.6 is 11.3 Å². The van der Waals surface area contributed by atoms with Crippen LogP contribution in [0.4, 0.5) is 0 Å². The number of amides is 1. The Morgan fingerprint density at radius 1 is 1.40 bits per heavy atom. The summed E-state index contributed by atoms with van der Waals surface area (Å²) in [5.74, 6) is 0.802. The Bertz CT molecular complexity index is 471. The van der Waals surface area contributed by atoms with E-state index in [1.54, 1.807) is 6.08 Å². The summed E-state index contributed by atoms with van der Waals surface area (Å²) in [4.78, 5) is 18.9. The summed E-state index contributed by atoms with van der Waals surface area (Å²) < 4.78 is 0. The van der Waals surface area contributed by atoms with E-state index in [-0.39, 0.29) is 5.91 Å². The Hall–Kier alpha value is -1.13. The van der Waals surface area contributed by atoms with E-state index >= 15 is 0 Å². The Balaban J connectivity index is 1.82. The summed E-state index contributed by atoms with van der Waals surface area (Å²) in [6.07, 6.45) is 5.84. The second kappa shape index (κ2) is 7.04. The van der Waals surface area contributed by atoms with Crippen molar-refractivity contribution in [3.05, 3.63) is 34.0 Å². The second-order valence-corrected chi connectivity index (χ2v) is 7.03. The molecule has 1 aliphatic rings. The number of hydrogen-bond donors (Lipinski definition) is 0. The van der Waals surface area contributed by atoms with E-state index in [1.165, 1.54) is 9.75 Å². The Kier molecular flexibility index (Phi) is 5.38. The second-order valence-electron chi connectivity index (χ2n) is 5.71. The van der Waals surface area contributed by atoms with E-state index in [1.807, 2.05) is 36.4 Å². The predicted molar refractivity (Wildman–Crippen MR) is 85.3 cm³/mol. The van der Waals surface area contributed by atoms with Crippen LogP contribution in [0.2, 0.25) is 0 Å². The summed E-state index contributed by atoms with van der Waals surface area (Å²) >= 11 is 1.90. The first-order valence-corrected chi connectivity index (χ1v) is 8.04. The molecule has 110 valence electrons. The highest BCUT2D eigenvalue weighted by molar-refractivity contribution is 7.12. The number of carbonyl (C=O) groups excluding carboxylic acids is 1. The van der Waals surface area contributed by atoms with Crippen molar-refractivity contribution in [2.75, 3.05) is 33.7 Å². The number of carbonyl (C=O) groups is 1. The zero-order valence-corrected chi connectivity index (χ0v) is 13.4. The number of piperidine rings is 1. The smallest absolute Gasteiger partial charge is 0.246 e. The van der Waals surface area contributed by atoms with Gasteiger partial charge in [-0.2, -0.15) is 0 Å². The van der Waals surface area contributed by atoms with Gasteiger partial charge in [-0.15, -0.1) is 11.3 Å². The third-order valence-electron chi connectivity index (χ3n) is 3.70. The maximum atomic E-state index is 12.1. The van der Waals surface area contributed by atoms with Gasteiger partial charge in [0.25, 0.3) is 0 Å². The first-order valence-electron chi connectivity index (χ1n) is 7.23. The van der Waals surface area contributed by atoms with Gasteiger partial charge in [-0.1, -0.05) is 6.08 Å². The van der Waals surface area contributed by atoms with Crippen LogP contribution in [-0.2, 0) is 4.79 Å². The third-order valence-corrected chi connectivity index (χ3v) is 4.86. The minimum absolute atomic E-state index is 0.160. The standard InChI is InChI=1S/C16H24N2OS/c1-13-6-7-15(20-13)14-8-11-18(12-9-14)16(19)5-4-10-17(2)3/h4-7,14H,8-12H2,1-3H3/b5-4+. The molecule has 0 N–H and O–H groups in total. The lowest BCUT2D eigenvalue weighted by Crippen LogP contribution is -2.36. The predicted octanol–water partition coefficient (Wildman–Crippen LogP) is 2.88. The molecule has 0 saturated carbocycles. The average molecular weight is 292 g/mol. The molecule has 1 fully saturated rings. The minimum atomic E-state index is 0.160. The monoisotopic (exact) mass is 292 g/mol. The van der Waals surface area contributed by atoms with Gasteiger partial charge < -0.3 is 9.80 Å². The van der Waals surface area contributed by atoms with E-state index in [0.29, 0.717) is 5.92 Å². The number of hydrogen-bond acceptors (Lipinski definition) is 3. The number of likely N-dealkylation sites (N-methyl/N-ethyl adjacent to an activating group) is 1. The summed E-state index contributed by atoms with van der Waals surface area (Å²) in [6.45, 7) is 4.73. The molecule has 0 unspecified atom stereocenters. The van der Waals surface area contributed by atoms with Gasteiger partial charge in [0, 0.05) is 35.5 Å². The van der Waals surface area contributed by atoms with Crippen LogP contribution in [0.1, 0.15) is 28.5 Å². The lowest BCUT2D eigenvalue weighted by molar-refractivity contribution is -0.127. The summed E-state index contributed by atoms with van der Waals surface area (Å²) in [6, 6.07) is 4.45. The van der Waals surface area contributed by atoms with Crippen LogP contribution in [-0.4, -0.2) is 49.4 Å². The molecule has 0 aliphatic carbocycles. The molecule has 2 rings (SSSR count). The van der Waals surface area contributed by atoms with Gasteiger partial charge >= 0.3 is 0 Å². The van der Waals surface area contributed by atoms with Crippen LogP contribution in [0, 0.1) is 6.92 Å². The topological polar surface area (TPSA) is 23.6 Å². The van der Waals surface area contributed by atoms with Gasteiger partial charge in [0.1, 0.15) is 0 Å². The maximum absolute atomic E-state index is 12.1. The highest BCUT2D eigenvalue weighted by atomic mass is 32.1. The normalized spacial score (nSPS) is 17.3. The molecule has 1 aromatic rings. The molecule has 20 heavy (non-hydrogen) atoms. The van der Waals surface area contributed by atoms with Crippen molar-refractivity contribution in [3.8, 4) is 0 Å². The van der Waals surface area contributed by atoms with Crippen molar-refractivity contribution >= 4 is 17.2 Å². The molecular formula is C16H24N2OS. The molecule has 3 nitrogen and oxygen atoms in total. The lowest BCUT2D eigenvalue weighted by Gasteiger charge is -2.31. The Morgan fingerprint density at radius 3 is 2.65 bits per heavy atom. The van der Waals surface area contributed by atoms with Gasteiger partial charge in [0.2, 0.25) is 5.91 Å². The molecule has 2 heterocycles. The third kappa shape index (κ3) is 4.18. The molecule has 0 atom stereocenters. The van der Waals surface area contributed by atoms with Gasteiger partial charge in [0.05, 0.1) is 0 Å². The van der Waals surface area contributed by atoms with E-state index in [2.05, 4.69) is 24.0 Å². The molecule has 1 saturated heterocycles. The molecule has 0 spiro atoms. The van der Waals surface area contributed by atoms with Crippen molar-refractivity contribution in [1.82, 2.24) is 9.80 Å². The van der Waals surface area contributed by atoms with E-state index in [4.69, 9.17) is 0 Å². The van der Waals surface area contributed by atoms with Crippen LogP contribution < -0.4 is 0 Å². The quantitative estimate of drug-likeness (QED) is 0.797. The summed E-state index contributed by atoms with van der Waals surface area (Å²) in [5, 5.41) is 0. The molecule has 4 heteroatoms. The van der Waals surface area contributed by atoms with Crippen molar-refractivity contribution in [3.63, 3.8) is 0 Å². The molecule has 0 radical (unpaired) electrons. The maximum Gasteiger partial charge on any atom is 0.246 e. The van der Waals surface area contributed by atoms with Crippen LogP contribution in [0.25, 0.3) is 0 Å². The highest BCUT2D eigenvalue weighted by Crippen LogP contribution is 2.32. The molecule has 1 aromatic heterocycles. The highest BCUT2D eigenvalue weighted by Gasteiger charge is 2.23. The zero-order valence-electron chi connectivity index (χ0n) is 12.6. The molecule has 1 amide bonds. The fourth-order valence-corrected chi connectivity index (χ4v) is 3.57. The summed E-state index contributed by atoms with van der Waals surface area (Å²) in [5.41, 5.74) is 0. The largest absolute Gasteiger partial charge is 0.339 e. The van der Waals surface area contributed by atoms with Gasteiger partial charge in [0.15, 0.2) is 0 Å². The van der Waals surface area contributed by atoms with Crippen LogP contribution in [0.5, 0.6) is 0 Å². The Labute approximate surface area is 125 Å². The fourth-order valence-electron chi connectivity index (χ4n) is 2.53. The molecule has 0 aromatic carbocycles. The Morgan fingerprint density at radius 2 is 2.10 bits per heavy atom. The molecular weight excluding hydrogens is 268 g/mol. The first-order chi connectivity index (χ1) is 9.56. The number of nitrogens with zero attached hydrogens (tertiary/aromatic N) is 2. The van der Waals surface area contributed by atoms with E-state index in [0.717, 1.165) is 32.5 Å². The van der Waals surface area contributed by atoms with E-state index < -0.39 is 0 Å². The van der Waals surface area contributed by atoms with Gasteiger partial charge in [-0.25, -0.2) is 0 Å². The first kappa shape index (κ1) is 15.3. The molecule has 0 bridgehead atoms. The van der Waals surface area contributed by atoms with Crippen LogP contribution in [0.3, 0.4) is 0 Å². The number of aryl methyl sites for hydroxylation is 1. The van der Waals surface area contributed by atoms with E-state index in [9.17, 15) is 4.79 Å². The average Bonchev–Trinajstić information content (AvgIpc) is 2.85. The number of thiophene rings is 1. The van der Waals surface area contributed by atoms with Crippen molar-refractivity contribution in [2.24, 2.45) is 0 Å².